The molecule has 1 aliphatic rings. The van der Waals surface area contributed by atoms with Gasteiger partial charge in [0.25, 0.3) is 0 Å². The summed E-state index contributed by atoms with van der Waals surface area (Å²) in [5.41, 5.74) is 0.488. The lowest BCUT2D eigenvalue weighted by Gasteiger charge is -2.21. The van der Waals surface area contributed by atoms with Crippen molar-refractivity contribution in [3.8, 4) is 11.5 Å². The molecule has 0 bridgehead atoms. The van der Waals surface area contributed by atoms with Crippen LogP contribution in [-0.4, -0.2) is 30.5 Å². The van der Waals surface area contributed by atoms with Crippen molar-refractivity contribution in [2.45, 2.75) is 38.8 Å². The fraction of sp³-hybridized carbons (Fsp3) is 0.600. The van der Waals surface area contributed by atoms with E-state index in [1.54, 1.807) is 0 Å². The molecule has 4 heteroatoms. The Bertz CT molecular complexity index is 418. The summed E-state index contributed by atoms with van der Waals surface area (Å²) in [5.74, 6) is 1.64. The Labute approximate surface area is 114 Å². The Morgan fingerprint density at radius 3 is 2.74 bits per heavy atom. The number of nitrogens with one attached hydrogen (secondary N) is 1. The number of fused-ring (bicyclic) bond motifs is 1. The van der Waals surface area contributed by atoms with E-state index in [0.29, 0.717) is 26.3 Å². The first-order valence-corrected chi connectivity index (χ1v) is 6.92. The fourth-order valence-corrected chi connectivity index (χ4v) is 1.92. The van der Waals surface area contributed by atoms with Gasteiger partial charge in [-0.25, -0.2) is 0 Å². The molecule has 1 atom stereocenters. The van der Waals surface area contributed by atoms with Crippen molar-refractivity contribution in [1.82, 2.24) is 5.32 Å². The SMILES string of the molecule is CCC(C)(O)CNCc1ccc2c(c1)OCCCO2. The molecule has 0 fully saturated rings. The van der Waals surface area contributed by atoms with E-state index in [0.717, 1.165) is 29.9 Å². The molecule has 2 rings (SSSR count). The first-order valence-electron chi connectivity index (χ1n) is 6.92. The van der Waals surface area contributed by atoms with Gasteiger partial charge in [0, 0.05) is 19.5 Å². The zero-order chi connectivity index (χ0) is 13.7. The quantitative estimate of drug-likeness (QED) is 0.856. The zero-order valence-corrected chi connectivity index (χ0v) is 11.7. The topological polar surface area (TPSA) is 50.7 Å². The van der Waals surface area contributed by atoms with Gasteiger partial charge in [-0.2, -0.15) is 0 Å². The number of benzene rings is 1. The normalized spacial score (nSPS) is 17.6. The molecule has 1 aliphatic heterocycles. The van der Waals surface area contributed by atoms with Crippen molar-refractivity contribution in [2.24, 2.45) is 0 Å². The third-order valence-corrected chi connectivity index (χ3v) is 3.41. The molecule has 19 heavy (non-hydrogen) atoms. The van der Waals surface area contributed by atoms with Gasteiger partial charge >= 0.3 is 0 Å². The molecule has 106 valence electrons. The predicted octanol–water partition coefficient (Wildman–Crippen LogP) is 2.10. The van der Waals surface area contributed by atoms with Crippen LogP contribution in [-0.2, 0) is 6.54 Å². The van der Waals surface area contributed by atoms with E-state index in [4.69, 9.17) is 9.47 Å². The number of rotatable bonds is 5. The minimum absolute atomic E-state index is 0.581. The Balaban J connectivity index is 1.93. The van der Waals surface area contributed by atoms with Crippen LogP contribution in [0.15, 0.2) is 18.2 Å². The highest BCUT2D eigenvalue weighted by molar-refractivity contribution is 5.43. The summed E-state index contributed by atoms with van der Waals surface area (Å²) in [6, 6.07) is 5.99. The van der Waals surface area contributed by atoms with Crippen LogP contribution in [0.25, 0.3) is 0 Å². The number of ether oxygens (including phenoxy) is 2. The Kier molecular flexibility index (Phi) is 4.66. The third kappa shape index (κ3) is 4.11. The molecule has 0 amide bonds. The standard InChI is InChI=1S/C15H23NO3/c1-3-15(2,17)11-16-10-12-5-6-13-14(9-12)19-8-4-7-18-13/h5-6,9,16-17H,3-4,7-8,10-11H2,1-2H3. The Morgan fingerprint density at radius 2 is 2.00 bits per heavy atom. The maximum absolute atomic E-state index is 9.92. The molecule has 1 heterocycles. The molecule has 0 saturated heterocycles. The minimum atomic E-state index is -0.648. The lowest BCUT2D eigenvalue weighted by Crippen LogP contribution is -2.36. The highest BCUT2D eigenvalue weighted by Gasteiger charge is 2.16. The van der Waals surface area contributed by atoms with Crippen LogP contribution < -0.4 is 14.8 Å². The van der Waals surface area contributed by atoms with E-state index in [-0.39, 0.29) is 0 Å². The number of aliphatic hydroxyl groups is 1. The third-order valence-electron chi connectivity index (χ3n) is 3.41. The van der Waals surface area contributed by atoms with E-state index in [2.05, 4.69) is 5.32 Å². The summed E-state index contributed by atoms with van der Waals surface area (Å²) in [6.07, 6.45) is 1.66. The number of hydrogen-bond donors (Lipinski definition) is 2. The second-order valence-electron chi connectivity index (χ2n) is 5.29. The van der Waals surface area contributed by atoms with Gasteiger partial charge in [0.05, 0.1) is 18.8 Å². The maximum atomic E-state index is 9.92. The highest BCUT2D eigenvalue weighted by Crippen LogP contribution is 2.30. The minimum Gasteiger partial charge on any atom is -0.490 e. The summed E-state index contributed by atoms with van der Waals surface area (Å²) in [4.78, 5) is 0. The summed E-state index contributed by atoms with van der Waals surface area (Å²) in [5, 5.41) is 13.2. The molecule has 0 spiro atoms. The van der Waals surface area contributed by atoms with E-state index in [9.17, 15) is 5.11 Å². The average molecular weight is 265 g/mol. The van der Waals surface area contributed by atoms with Crippen molar-refractivity contribution < 1.29 is 14.6 Å². The average Bonchev–Trinajstić information content (AvgIpc) is 2.63. The van der Waals surface area contributed by atoms with Crippen molar-refractivity contribution in [3.05, 3.63) is 23.8 Å². The van der Waals surface area contributed by atoms with Gasteiger partial charge in [-0.1, -0.05) is 13.0 Å². The van der Waals surface area contributed by atoms with Gasteiger partial charge in [0.15, 0.2) is 11.5 Å². The summed E-state index contributed by atoms with van der Waals surface area (Å²) in [6.45, 7) is 6.53. The van der Waals surface area contributed by atoms with Crippen LogP contribution in [0.2, 0.25) is 0 Å². The molecule has 0 saturated carbocycles. The zero-order valence-electron chi connectivity index (χ0n) is 11.7. The van der Waals surface area contributed by atoms with E-state index < -0.39 is 5.60 Å². The van der Waals surface area contributed by atoms with E-state index in [1.165, 1.54) is 0 Å². The monoisotopic (exact) mass is 265 g/mol. The highest BCUT2D eigenvalue weighted by atomic mass is 16.5. The summed E-state index contributed by atoms with van der Waals surface area (Å²) < 4.78 is 11.2. The molecule has 2 N–H and O–H groups in total. The lowest BCUT2D eigenvalue weighted by molar-refractivity contribution is 0.0555. The van der Waals surface area contributed by atoms with Gasteiger partial charge in [-0.3, -0.25) is 0 Å². The molecular weight excluding hydrogens is 242 g/mol. The molecule has 0 radical (unpaired) electrons. The molecule has 1 aromatic carbocycles. The Hall–Kier alpha value is -1.26. The van der Waals surface area contributed by atoms with Crippen LogP contribution in [0.3, 0.4) is 0 Å². The second kappa shape index (κ2) is 6.26. The van der Waals surface area contributed by atoms with Crippen LogP contribution in [0.1, 0.15) is 32.3 Å². The van der Waals surface area contributed by atoms with Crippen molar-refractivity contribution in [2.75, 3.05) is 19.8 Å². The first kappa shape index (κ1) is 14.2. The first-order chi connectivity index (χ1) is 9.11. The lowest BCUT2D eigenvalue weighted by atomic mass is 10.0. The molecule has 0 aromatic heterocycles. The molecular formula is C15H23NO3. The molecule has 0 aliphatic carbocycles. The van der Waals surface area contributed by atoms with Crippen molar-refractivity contribution in [3.63, 3.8) is 0 Å². The summed E-state index contributed by atoms with van der Waals surface area (Å²) >= 11 is 0. The summed E-state index contributed by atoms with van der Waals surface area (Å²) in [7, 11) is 0. The van der Waals surface area contributed by atoms with Gasteiger partial charge in [0.1, 0.15) is 0 Å². The number of hydrogen-bond acceptors (Lipinski definition) is 4. The molecule has 4 nitrogen and oxygen atoms in total. The van der Waals surface area contributed by atoms with Crippen LogP contribution in [0.5, 0.6) is 11.5 Å². The van der Waals surface area contributed by atoms with E-state index in [1.807, 2.05) is 32.0 Å². The predicted molar refractivity (Wildman–Crippen MR) is 74.7 cm³/mol. The van der Waals surface area contributed by atoms with Crippen LogP contribution in [0, 0.1) is 0 Å². The fourth-order valence-electron chi connectivity index (χ4n) is 1.92. The smallest absolute Gasteiger partial charge is 0.161 e. The second-order valence-corrected chi connectivity index (χ2v) is 5.29. The van der Waals surface area contributed by atoms with Crippen LogP contribution >= 0.6 is 0 Å². The van der Waals surface area contributed by atoms with Gasteiger partial charge in [-0.05, 0) is 31.0 Å². The van der Waals surface area contributed by atoms with E-state index >= 15 is 0 Å². The maximum Gasteiger partial charge on any atom is 0.161 e. The van der Waals surface area contributed by atoms with Gasteiger partial charge in [0.2, 0.25) is 0 Å². The molecule has 1 aromatic rings. The van der Waals surface area contributed by atoms with Crippen LogP contribution in [0.4, 0.5) is 0 Å². The molecule has 1 unspecified atom stereocenters. The van der Waals surface area contributed by atoms with Crippen molar-refractivity contribution >= 4 is 0 Å². The van der Waals surface area contributed by atoms with Gasteiger partial charge < -0.3 is 19.9 Å². The Morgan fingerprint density at radius 1 is 1.26 bits per heavy atom. The van der Waals surface area contributed by atoms with Gasteiger partial charge in [-0.15, -0.1) is 0 Å². The van der Waals surface area contributed by atoms with Crippen molar-refractivity contribution in [1.29, 1.82) is 0 Å². The largest absolute Gasteiger partial charge is 0.490 e.